The van der Waals surface area contributed by atoms with Crippen molar-refractivity contribution < 1.29 is 17.9 Å². The number of carbonyl (C=O) groups is 1. The van der Waals surface area contributed by atoms with Crippen molar-refractivity contribution in [2.45, 2.75) is 58.8 Å². The lowest BCUT2D eigenvalue weighted by molar-refractivity contribution is -0.131. The molecule has 1 aromatic rings. The second-order valence-corrected chi connectivity index (χ2v) is 13.0. The molecular weight excluding hydrogens is 438 g/mol. The zero-order valence-electron chi connectivity index (χ0n) is 20.8. The predicted molar refractivity (Wildman–Crippen MR) is 133 cm³/mol. The van der Waals surface area contributed by atoms with Crippen LogP contribution >= 0.6 is 0 Å². The van der Waals surface area contributed by atoms with Crippen molar-refractivity contribution in [3.63, 3.8) is 0 Å². The fourth-order valence-electron chi connectivity index (χ4n) is 5.54. The standard InChI is InChI=1S/C25H41N3O4S/c1-6-32-21-9-7-20(8-10-21)28-16-19-14-25(4,5)23(28)17-27(15-19)24(29)22(13-18(2)3)33(30,31)12-11-26/h7-10,18-19,22-23H,6,11-17,26H2,1-5H3/t19-,22?,23?/m1/s1. The van der Waals surface area contributed by atoms with Crippen LogP contribution in [0.15, 0.2) is 24.3 Å². The maximum Gasteiger partial charge on any atom is 0.240 e. The first kappa shape index (κ1) is 25.8. The SMILES string of the molecule is CCOc1ccc(N2C[C@H]3CN(C(=O)C(CC(C)C)S(=O)(=O)CCN)CC2C(C)(C)C3)cc1. The van der Waals surface area contributed by atoms with Gasteiger partial charge in [0.05, 0.1) is 18.4 Å². The molecule has 33 heavy (non-hydrogen) atoms. The molecule has 3 heterocycles. The molecule has 3 saturated heterocycles. The molecule has 186 valence electrons. The molecule has 1 amide bonds. The van der Waals surface area contributed by atoms with Crippen molar-refractivity contribution in [2.75, 3.05) is 43.4 Å². The maximum atomic E-state index is 13.7. The third-order valence-electron chi connectivity index (χ3n) is 7.01. The van der Waals surface area contributed by atoms with Crippen LogP contribution in [-0.4, -0.2) is 69.1 Å². The first-order valence-corrected chi connectivity index (χ1v) is 13.9. The zero-order valence-corrected chi connectivity index (χ0v) is 21.6. The maximum absolute atomic E-state index is 13.7. The molecule has 3 atom stereocenters. The summed E-state index contributed by atoms with van der Waals surface area (Å²) in [5, 5.41) is -1.01. The van der Waals surface area contributed by atoms with Crippen LogP contribution in [0.5, 0.6) is 5.75 Å². The normalized spacial score (nSPS) is 23.5. The Bertz CT molecular complexity index is 914. The van der Waals surface area contributed by atoms with E-state index in [9.17, 15) is 13.2 Å². The van der Waals surface area contributed by atoms with Gasteiger partial charge in [-0.15, -0.1) is 0 Å². The Balaban J connectivity index is 1.89. The molecule has 0 aliphatic carbocycles. The van der Waals surface area contributed by atoms with Crippen LogP contribution in [-0.2, 0) is 14.6 Å². The average molecular weight is 480 g/mol. The highest BCUT2D eigenvalue weighted by Crippen LogP contribution is 2.43. The zero-order chi connectivity index (χ0) is 24.4. The highest BCUT2D eigenvalue weighted by molar-refractivity contribution is 7.92. The van der Waals surface area contributed by atoms with Gasteiger partial charge in [-0.05, 0) is 61.3 Å². The second kappa shape index (κ2) is 10.2. The fourth-order valence-corrected chi connectivity index (χ4v) is 7.29. The third kappa shape index (κ3) is 5.83. The Labute approximate surface area is 199 Å². The number of anilines is 1. The van der Waals surface area contributed by atoms with Crippen molar-refractivity contribution >= 4 is 21.4 Å². The largest absolute Gasteiger partial charge is 0.494 e. The number of hydrogen-bond acceptors (Lipinski definition) is 6. The summed E-state index contributed by atoms with van der Waals surface area (Å²) in [6.07, 6.45) is 1.35. The number of hydrogen-bond donors (Lipinski definition) is 1. The molecule has 3 fully saturated rings. The van der Waals surface area contributed by atoms with Gasteiger partial charge in [-0.1, -0.05) is 27.7 Å². The average Bonchev–Trinajstić information content (AvgIpc) is 2.99. The van der Waals surface area contributed by atoms with E-state index in [1.165, 1.54) is 0 Å². The minimum Gasteiger partial charge on any atom is -0.494 e. The molecule has 7 nitrogen and oxygen atoms in total. The minimum absolute atomic E-state index is 0.000213. The lowest BCUT2D eigenvalue weighted by Gasteiger charge is -2.48. The number of amides is 1. The summed E-state index contributed by atoms with van der Waals surface area (Å²) < 4.78 is 31.5. The summed E-state index contributed by atoms with van der Waals surface area (Å²) in [6, 6.07) is 8.26. The Morgan fingerprint density at radius 1 is 1.18 bits per heavy atom. The van der Waals surface area contributed by atoms with Gasteiger partial charge in [0.25, 0.3) is 0 Å². The smallest absolute Gasteiger partial charge is 0.240 e. The Morgan fingerprint density at radius 3 is 2.42 bits per heavy atom. The fraction of sp³-hybridized carbons (Fsp3) is 0.720. The van der Waals surface area contributed by atoms with E-state index >= 15 is 0 Å². The summed E-state index contributed by atoms with van der Waals surface area (Å²) in [5.74, 6) is 0.830. The summed E-state index contributed by atoms with van der Waals surface area (Å²) in [6.45, 7) is 13.1. The van der Waals surface area contributed by atoms with Crippen molar-refractivity contribution in [2.24, 2.45) is 23.0 Å². The number of piperidine rings is 1. The molecular formula is C25H41N3O4S. The lowest BCUT2D eigenvalue weighted by atomic mass is 9.73. The van der Waals surface area contributed by atoms with Crippen molar-refractivity contribution in [1.82, 2.24) is 4.90 Å². The van der Waals surface area contributed by atoms with E-state index in [0.717, 1.165) is 24.4 Å². The quantitative estimate of drug-likeness (QED) is 0.585. The molecule has 8 heteroatoms. The topological polar surface area (TPSA) is 92.9 Å². The van der Waals surface area contributed by atoms with Gasteiger partial charge in [-0.3, -0.25) is 4.79 Å². The van der Waals surface area contributed by atoms with Gasteiger partial charge >= 0.3 is 0 Å². The molecule has 2 unspecified atom stereocenters. The third-order valence-corrected chi connectivity index (χ3v) is 9.07. The number of rotatable bonds is 9. The molecule has 0 saturated carbocycles. The Kier molecular flexibility index (Phi) is 7.99. The molecule has 0 radical (unpaired) electrons. The van der Waals surface area contributed by atoms with Crippen LogP contribution in [0, 0.1) is 17.3 Å². The summed E-state index contributed by atoms with van der Waals surface area (Å²) in [7, 11) is -3.59. The van der Waals surface area contributed by atoms with E-state index in [0.29, 0.717) is 26.1 Å². The summed E-state index contributed by atoms with van der Waals surface area (Å²) in [4.78, 5) is 17.9. The highest BCUT2D eigenvalue weighted by atomic mass is 32.2. The summed E-state index contributed by atoms with van der Waals surface area (Å²) >= 11 is 0. The molecule has 0 aromatic heterocycles. The number of fused-ring (bicyclic) bond motifs is 4. The lowest BCUT2D eigenvalue weighted by Crippen LogP contribution is -2.54. The van der Waals surface area contributed by atoms with Gasteiger partial charge in [0.2, 0.25) is 5.91 Å². The van der Waals surface area contributed by atoms with Crippen LogP contribution < -0.4 is 15.4 Å². The van der Waals surface area contributed by atoms with E-state index < -0.39 is 15.1 Å². The van der Waals surface area contributed by atoms with Gasteiger partial charge in [0.15, 0.2) is 9.84 Å². The molecule has 1 aromatic carbocycles. The predicted octanol–water partition coefficient (Wildman–Crippen LogP) is 2.94. The second-order valence-electron chi connectivity index (χ2n) is 10.7. The van der Waals surface area contributed by atoms with Gasteiger partial charge in [0.1, 0.15) is 11.0 Å². The van der Waals surface area contributed by atoms with Crippen LogP contribution in [0.2, 0.25) is 0 Å². The van der Waals surface area contributed by atoms with E-state index in [1.54, 1.807) is 0 Å². The number of ether oxygens (including phenoxy) is 1. The summed E-state index contributed by atoms with van der Waals surface area (Å²) in [5.41, 5.74) is 6.68. The van der Waals surface area contributed by atoms with Crippen LogP contribution in [0.1, 0.15) is 47.5 Å². The highest BCUT2D eigenvalue weighted by Gasteiger charge is 2.48. The molecule has 4 rings (SSSR count). The minimum atomic E-state index is -3.59. The number of sulfone groups is 1. The van der Waals surface area contributed by atoms with Crippen LogP contribution in [0.4, 0.5) is 5.69 Å². The van der Waals surface area contributed by atoms with Gasteiger partial charge < -0.3 is 20.3 Å². The Morgan fingerprint density at radius 2 is 1.85 bits per heavy atom. The van der Waals surface area contributed by atoms with Crippen LogP contribution in [0.25, 0.3) is 0 Å². The number of benzene rings is 1. The van der Waals surface area contributed by atoms with E-state index in [2.05, 4.69) is 30.9 Å². The van der Waals surface area contributed by atoms with Crippen molar-refractivity contribution in [1.29, 1.82) is 0 Å². The van der Waals surface area contributed by atoms with Crippen molar-refractivity contribution in [3.05, 3.63) is 24.3 Å². The first-order valence-electron chi connectivity index (χ1n) is 12.2. The van der Waals surface area contributed by atoms with E-state index in [-0.39, 0.29) is 41.5 Å². The molecule has 2 bridgehead atoms. The molecule has 2 N–H and O–H groups in total. The number of nitrogens with two attached hydrogens (primary N) is 1. The van der Waals surface area contributed by atoms with Crippen molar-refractivity contribution in [3.8, 4) is 5.75 Å². The van der Waals surface area contributed by atoms with Gasteiger partial charge in [-0.25, -0.2) is 8.42 Å². The van der Waals surface area contributed by atoms with Gasteiger partial charge in [0, 0.05) is 31.9 Å². The molecule has 3 aliphatic rings. The number of carbonyl (C=O) groups excluding carboxylic acids is 1. The molecule has 3 aliphatic heterocycles. The van der Waals surface area contributed by atoms with E-state index in [1.807, 2.05) is 37.8 Å². The Hall–Kier alpha value is -1.80. The number of nitrogens with zero attached hydrogens (tertiary/aromatic N) is 2. The van der Waals surface area contributed by atoms with Gasteiger partial charge in [-0.2, -0.15) is 0 Å². The first-order chi connectivity index (χ1) is 15.5. The van der Waals surface area contributed by atoms with Crippen LogP contribution in [0.3, 0.4) is 0 Å². The molecule has 0 spiro atoms. The monoisotopic (exact) mass is 479 g/mol. The van der Waals surface area contributed by atoms with E-state index in [4.69, 9.17) is 10.5 Å².